The molecule has 1 aromatic heterocycles. The van der Waals surface area contributed by atoms with Gasteiger partial charge in [-0.25, -0.2) is 0 Å². The Morgan fingerprint density at radius 3 is 2.94 bits per heavy atom. The van der Waals surface area contributed by atoms with Gasteiger partial charge in [0, 0.05) is 13.1 Å². The standard InChI is InChI=1S/C13H20N2O3/c1-13(17)5-2-7-15(8-6-13)12(16)11-4-3-10(9-14)18-11/h3-4,17H,2,5-9,14H2,1H3. The highest BCUT2D eigenvalue weighted by atomic mass is 16.4. The number of carbonyl (C=O) groups excluding carboxylic acids is 1. The van der Waals surface area contributed by atoms with Crippen LogP contribution >= 0.6 is 0 Å². The summed E-state index contributed by atoms with van der Waals surface area (Å²) in [5.74, 6) is 0.824. The molecule has 0 saturated carbocycles. The normalized spacial score (nSPS) is 24.9. The summed E-state index contributed by atoms with van der Waals surface area (Å²) in [7, 11) is 0. The molecule has 5 heteroatoms. The number of hydrogen-bond donors (Lipinski definition) is 2. The molecule has 1 fully saturated rings. The molecule has 18 heavy (non-hydrogen) atoms. The molecule has 1 amide bonds. The first-order chi connectivity index (χ1) is 8.52. The zero-order chi connectivity index (χ0) is 13.2. The number of nitrogens with two attached hydrogens (primary N) is 1. The molecule has 1 aliphatic rings. The highest BCUT2D eigenvalue weighted by Gasteiger charge is 2.28. The minimum atomic E-state index is -0.666. The Morgan fingerprint density at radius 1 is 1.50 bits per heavy atom. The summed E-state index contributed by atoms with van der Waals surface area (Å²) in [6.07, 6.45) is 2.13. The van der Waals surface area contributed by atoms with Crippen molar-refractivity contribution in [1.82, 2.24) is 4.90 Å². The van der Waals surface area contributed by atoms with E-state index in [1.165, 1.54) is 0 Å². The van der Waals surface area contributed by atoms with Crippen molar-refractivity contribution in [3.8, 4) is 0 Å². The van der Waals surface area contributed by atoms with Gasteiger partial charge < -0.3 is 20.2 Å². The molecular formula is C13H20N2O3. The molecule has 2 heterocycles. The largest absolute Gasteiger partial charge is 0.455 e. The molecule has 0 radical (unpaired) electrons. The lowest BCUT2D eigenvalue weighted by molar-refractivity contribution is 0.0434. The van der Waals surface area contributed by atoms with Gasteiger partial charge in [-0.3, -0.25) is 4.79 Å². The summed E-state index contributed by atoms with van der Waals surface area (Å²) in [5.41, 5.74) is 4.78. The molecule has 5 nitrogen and oxygen atoms in total. The van der Waals surface area contributed by atoms with Gasteiger partial charge in [-0.1, -0.05) is 0 Å². The van der Waals surface area contributed by atoms with Crippen LogP contribution < -0.4 is 5.73 Å². The van der Waals surface area contributed by atoms with Gasteiger partial charge in [0.05, 0.1) is 12.1 Å². The van der Waals surface area contributed by atoms with Crippen molar-refractivity contribution in [2.75, 3.05) is 13.1 Å². The summed E-state index contributed by atoms with van der Waals surface area (Å²) in [6.45, 7) is 3.33. The Kier molecular flexibility index (Phi) is 3.73. The third kappa shape index (κ3) is 2.91. The van der Waals surface area contributed by atoms with Crippen LogP contribution in [0, 0.1) is 0 Å². The molecule has 1 saturated heterocycles. The second-order valence-electron chi connectivity index (χ2n) is 5.11. The smallest absolute Gasteiger partial charge is 0.289 e. The maximum atomic E-state index is 12.2. The Labute approximate surface area is 107 Å². The molecule has 1 aliphatic heterocycles. The SMILES string of the molecule is CC1(O)CCCN(C(=O)c2ccc(CN)o2)CC1. The first-order valence-corrected chi connectivity index (χ1v) is 6.32. The number of carbonyl (C=O) groups is 1. The number of hydrogen-bond acceptors (Lipinski definition) is 4. The Morgan fingerprint density at radius 2 is 2.28 bits per heavy atom. The molecule has 0 spiro atoms. The molecule has 0 aromatic carbocycles. The molecule has 0 aliphatic carbocycles. The van der Waals surface area contributed by atoms with Crippen molar-refractivity contribution in [3.05, 3.63) is 23.7 Å². The molecule has 1 aromatic rings. The summed E-state index contributed by atoms with van der Waals surface area (Å²) in [5, 5.41) is 9.99. The number of amides is 1. The van der Waals surface area contributed by atoms with Crippen molar-refractivity contribution in [2.24, 2.45) is 5.73 Å². The van der Waals surface area contributed by atoms with Crippen LogP contribution in [-0.2, 0) is 6.54 Å². The lowest BCUT2D eigenvalue weighted by Gasteiger charge is -2.21. The second kappa shape index (κ2) is 5.12. The Balaban J connectivity index is 2.05. The van der Waals surface area contributed by atoms with E-state index < -0.39 is 5.60 Å². The first-order valence-electron chi connectivity index (χ1n) is 6.32. The quantitative estimate of drug-likeness (QED) is 0.826. The van der Waals surface area contributed by atoms with Crippen molar-refractivity contribution >= 4 is 5.91 Å². The summed E-state index contributed by atoms with van der Waals surface area (Å²) < 4.78 is 5.36. The Bertz CT molecular complexity index is 426. The summed E-state index contributed by atoms with van der Waals surface area (Å²) in [4.78, 5) is 13.9. The van der Waals surface area contributed by atoms with E-state index in [1.54, 1.807) is 17.0 Å². The van der Waals surface area contributed by atoms with E-state index in [0.717, 1.165) is 12.8 Å². The van der Waals surface area contributed by atoms with E-state index >= 15 is 0 Å². The first kappa shape index (κ1) is 13.1. The third-order valence-electron chi connectivity index (χ3n) is 3.42. The van der Waals surface area contributed by atoms with Crippen molar-refractivity contribution < 1.29 is 14.3 Å². The minimum Gasteiger partial charge on any atom is -0.455 e. The van der Waals surface area contributed by atoms with Crippen molar-refractivity contribution in [2.45, 2.75) is 38.3 Å². The topological polar surface area (TPSA) is 79.7 Å². The van der Waals surface area contributed by atoms with Crippen LogP contribution in [0.1, 0.15) is 42.5 Å². The van der Waals surface area contributed by atoms with Crippen LogP contribution in [0.3, 0.4) is 0 Å². The van der Waals surface area contributed by atoms with E-state index in [0.29, 0.717) is 37.6 Å². The number of aliphatic hydroxyl groups is 1. The van der Waals surface area contributed by atoms with Gasteiger partial charge in [-0.15, -0.1) is 0 Å². The third-order valence-corrected chi connectivity index (χ3v) is 3.42. The number of likely N-dealkylation sites (tertiary alicyclic amines) is 1. The fraction of sp³-hybridized carbons (Fsp3) is 0.615. The van der Waals surface area contributed by atoms with Crippen LogP contribution in [0.5, 0.6) is 0 Å². The van der Waals surface area contributed by atoms with E-state index in [1.807, 2.05) is 6.92 Å². The zero-order valence-corrected chi connectivity index (χ0v) is 10.7. The van der Waals surface area contributed by atoms with Crippen molar-refractivity contribution in [3.63, 3.8) is 0 Å². The van der Waals surface area contributed by atoms with Gasteiger partial charge in [0.2, 0.25) is 0 Å². The highest BCUT2D eigenvalue weighted by molar-refractivity contribution is 5.91. The molecule has 2 rings (SSSR count). The van der Waals surface area contributed by atoms with Gasteiger partial charge in [-0.2, -0.15) is 0 Å². The van der Waals surface area contributed by atoms with E-state index in [-0.39, 0.29) is 5.91 Å². The number of rotatable bonds is 2. The van der Waals surface area contributed by atoms with E-state index in [9.17, 15) is 9.90 Å². The van der Waals surface area contributed by atoms with Crippen molar-refractivity contribution in [1.29, 1.82) is 0 Å². The summed E-state index contributed by atoms with van der Waals surface area (Å²) >= 11 is 0. The molecule has 1 unspecified atom stereocenters. The predicted octanol–water partition coefficient (Wildman–Crippen LogP) is 1.12. The van der Waals surface area contributed by atoms with E-state index in [4.69, 9.17) is 10.2 Å². The number of nitrogens with zero attached hydrogens (tertiary/aromatic N) is 1. The van der Waals surface area contributed by atoms with Gasteiger partial charge in [-0.05, 0) is 38.3 Å². The maximum Gasteiger partial charge on any atom is 0.289 e. The van der Waals surface area contributed by atoms with Gasteiger partial charge >= 0.3 is 0 Å². The van der Waals surface area contributed by atoms with Gasteiger partial charge in [0.15, 0.2) is 5.76 Å². The molecule has 1 atom stereocenters. The minimum absolute atomic E-state index is 0.118. The van der Waals surface area contributed by atoms with Crippen LogP contribution in [0.2, 0.25) is 0 Å². The van der Waals surface area contributed by atoms with Gasteiger partial charge in [0.1, 0.15) is 5.76 Å². The average Bonchev–Trinajstić information content (AvgIpc) is 2.74. The average molecular weight is 252 g/mol. The molecule has 3 N–H and O–H groups in total. The molecule has 0 bridgehead atoms. The number of furan rings is 1. The Hall–Kier alpha value is -1.33. The lowest BCUT2D eigenvalue weighted by atomic mass is 9.98. The van der Waals surface area contributed by atoms with Crippen LogP contribution in [-0.4, -0.2) is 34.6 Å². The van der Waals surface area contributed by atoms with E-state index in [2.05, 4.69) is 0 Å². The van der Waals surface area contributed by atoms with Crippen LogP contribution in [0.15, 0.2) is 16.5 Å². The molecular weight excluding hydrogens is 232 g/mol. The predicted molar refractivity (Wildman–Crippen MR) is 67.0 cm³/mol. The molecule has 100 valence electrons. The highest BCUT2D eigenvalue weighted by Crippen LogP contribution is 2.22. The van der Waals surface area contributed by atoms with Crippen LogP contribution in [0.25, 0.3) is 0 Å². The maximum absolute atomic E-state index is 12.2. The van der Waals surface area contributed by atoms with Gasteiger partial charge in [0.25, 0.3) is 5.91 Å². The fourth-order valence-corrected chi connectivity index (χ4v) is 2.22. The zero-order valence-electron chi connectivity index (χ0n) is 10.7. The van der Waals surface area contributed by atoms with Crippen LogP contribution in [0.4, 0.5) is 0 Å². The second-order valence-corrected chi connectivity index (χ2v) is 5.11. The monoisotopic (exact) mass is 252 g/mol. The lowest BCUT2D eigenvalue weighted by Crippen LogP contribution is -2.33. The summed E-state index contributed by atoms with van der Waals surface area (Å²) in [6, 6.07) is 3.38. The fourth-order valence-electron chi connectivity index (χ4n) is 2.22.